The summed E-state index contributed by atoms with van der Waals surface area (Å²) >= 11 is 0. The van der Waals surface area contributed by atoms with E-state index in [1.54, 1.807) is 6.33 Å². The fraction of sp³-hybridized carbons (Fsp3) is 0.529. The Kier molecular flexibility index (Phi) is 2.73. The highest BCUT2D eigenvalue weighted by Crippen LogP contribution is 2.54. The first kappa shape index (κ1) is 13.0. The summed E-state index contributed by atoms with van der Waals surface area (Å²) in [5.41, 5.74) is 1.17. The van der Waals surface area contributed by atoms with Crippen LogP contribution in [0.25, 0.3) is 10.9 Å². The van der Waals surface area contributed by atoms with Crippen molar-refractivity contribution in [1.29, 1.82) is 0 Å². The number of hydrogen-bond acceptors (Lipinski definition) is 4. The molecule has 0 spiro atoms. The van der Waals surface area contributed by atoms with E-state index in [9.17, 15) is 0 Å². The third kappa shape index (κ3) is 1.72. The zero-order chi connectivity index (χ0) is 14.6. The summed E-state index contributed by atoms with van der Waals surface area (Å²) in [5, 5.41) is 1.13. The maximum Gasteiger partial charge on any atom is 0.139 e. The number of hydrogen-bond donors (Lipinski definition) is 0. The quantitative estimate of drug-likeness (QED) is 0.849. The van der Waals surface area contributed by atoms with Gasteiger partial charge in [-0.3, -0.25) is 0 Å². The van der Waals surface area contributed by atoms with Crippen molar-refractivity contribution in [2.75, 3.05) is 18.6 Å². The fourth-order valence-electron chi connectivity index (χ4n) is 4.49. The van der Waals surface area contributed by atoms with Gasteiger partial charge in [-0.1, -0.05) is 26.0 Å². The Bertz CT molecular complexity index is 679. The molecule has 2 aliphatic rings. The number of ether oxygens (including phenoxy) is 1. The summed E-state index contributed by atoms with van der Waals surface area (Å²) in [6.45, 7) is 5.52. The van der Waals surface area contributed by atoms with Crippen LogP contribution in [0.4, 0.5) is 5.82 Å². The number of rotatable bonds is 2. The Labute approximate surface area is 125 Å². The lowest BCUT2D eigenvalue weighted by Gasteiger charge is -2.58. The van der Waals surface area contributed by atoms with Gasteiger partial charge in [-0.25, -0.2) is 9.97 Å². The fourth-order valence-corrected chi connectivity index (χ4v) is 4.49. The standard InChI is InChI=1S/C17H21N3O/c1-17(2)14(12-8-9-21-15(12)17)20(3)16-11-6-4-5-7-13(11)18-10-19-16/h4-7,10,12,14-15H,8-9H2,1-3H3. The molecule has 110 valence electrons. The number of benzene rings is 1. The molecule has 1 saturated heterocycles. The average Bonchev–Trinajstić information content (AvgIpc) is 2.92. The van der Waals surface area contributed by atoms with Gasteiger partial charge >= 0.3 is 0 Å². The minimum Gasteiger partial charge on any atom is -0.377 e. The van der Waals surface area contributed by atoms with Gasteiger partial charge in [0.05, 0.1) is 11.6 Å². The van der Waals surface area contributed by atoms with E-state index in [2.05, 4.69) is 47.9 Å². The molecule has 2 heterocycles. The van der Waals surface area contributed by atoms with Crippen molar-refractivity contribution in [3.8, 4) is 0 Å². The summed E-state index contributed by atoms with van der Waals surface area (Å²) in [4.78, 5) is 11.3. The Morgan fingerprint density at radius 3 is 2.90 bits per heavy atom. The van der Waals surface area contributed by atoms with E-state index in [1.165, 1.54) is 0 Å². The number of aromatic nitrogens is 2. The van der Waals surface area contributed by atoms with Crippen LogP contribution in [0.1, 0.15) is 20.3 Å². The Balaban J connectivity index is 1.75. The molecule has 0 N–H and O–H groups in total. The van der Waals surface area contributed by atoms with Gasteiger partial charge in [-0.15, -0.1) is 0 Å². The molecular weight excluding hydrogens is 262 g/mol. The second-order valence-corrected chi connectivity index (χ2v) is 6.84. The van der Waals surface area contributed by atoms with E-state index in [-0.39, 0.29) is 5.41 Å². The van der Waals surface area contributed by atoms with Gasteiger partial charge in [-0.2, -0.15) is 0 Å². The smallest absolute Gasteiger partial charge is 0.139 e. The van der Waals surface area contributed by atoms with Crippen molar-refractivity contribution in [2.45, 2.75) is 32.4 Å². The molecule has 3 unspecified atom stereocenters. The highest BCUT2D eigenvalue weighted by molar-refractivity contribution is 5.89. The molecule has 1 saturated carbocycles. The van der Waals surface area contributed by atoms with Gasteiger partial charge in [0, 0.05) is 36.4 Å². The van der Waals surface area contributed by atoms with Crippen molar-refractivity contribution in [3.63, 3.8) is 0 Å². The van der Waals surface area contributed by atoms with Gasteiger partial charge in [0.2, 0.25) is 0 Å². The van der Waals surface area contributed by atoms with E-state index in [0.29, 0.717) is 18.1 Å². The molecule has 2 fully saturated rings. The Morgan fingerprint density at radius 2 is 2.05 bits per heavy atom. The van der Waals surface area contributed by atoms with E-state index < -0.39 is 0 Å². The predicted molar refractivity (Wildman–Crippen MR) is 83.4 cm³/mol. The molecule has 1 aliphatic carbocycles. The normalized spacial score (nSPS) is 30.0. The number of fused-ring (bicyclic) bond motifs is 2. The third-order valence-electron chi connectivity index (χ3n) is 5.31. The van der Waals surface area contributed by atoms with Crippen LogP contribution in [0.2, 0.25) is 0 Å². The first-order valence-electron chi connectivity index (χ1n) is 7.65. The second-order valence-electron chi connectivity index (χ2n) is 6.84. The summed E-state index contributed by atoms with van der Waals surface area (Å²) in [7, 11) is 2.16. The maximum atomic E-state index is 5.91. The van der Waals surface area contributed by atoms with Crippen molar-refractivity contribution >= 4 is 16.7 Å². The highest BCUT2D eigenvalue weighted by Gasteiger charge is 2.61. The van der Waals surface area contributed by atoms with Crippen LogP contribution >= 0.6 is 0 Å². The topological polar surface area (TPSA) is 38.2 Å². The van der Waals surface area contributed by atoms with Crippen LogP contribution in [0.15, 0.2) is 30.6 Å². The van der Waals surface area contributed by atoms with Crippen LogP contribution in [-0.2, 0) is 4.74 Å². The summed E-state index contributed by atoms with van der Waals surface area (Å²) in [5.74, 6) is 1.66. The van der Waals surface area contributed by atoms with E-state index in [0.717, 1.165) is 29.7 Å². The minimum absolute atomic E-state index is 0.169. The molecule has 1 aromatic carbocycles. The van der Waals surface area contributed by atoms with Gasteiger partial charge in [-0.05, 0) is 18.6 Å². The van der Waals surface area contributed by atoms with Gasteiger partial charge in [0.25, 0.3) is 0 Å². The molecule has 0 bridgehead atoms. The second kappa shape index (κ2) is 4.41. The first-order chi connectivity index (χ1) is 10.1. The highest BCUT2D eigenvalue weighted by atomic mass is 16.5. The Hall–Kier alpha value is -1.68. The third-order valence-corrected chi connectivity index (χ3v) is 5.31. The van der Waals surface area contributed by atoms with Crippen molar-refractivity contribution in [2.24, 2.45) is 11.3 Å². The molecule has 0 radical (unpaired) electrons. The van der Waals surface area contributed by atoms with Crippen LogP contribution in [0, 0.1) is 11.3 Å². The lowest BCUT2D eigenvalue weighted by atomic mass is 9.57. The SMILES string of the molecule is CN(c1ncnc2ccccc12)C1C2CCOC2C1(C)C. The summed E-state index contributed by atoms with van der Waals surface area (Å²) in [6.07, 6.45) is 3.23. The first-order valence-corrected chi connectivity index (χ1v) is 7.65. The molecule has 1 aromatic heterocycles. The lowest BCUT2D eigenvalue weighted by molar-refractivity contribution is -0.101. The van der Waals surface area contributed by atoms with Crippen LogP contribution < -0.4 is 4.90 Å². The van der Waals surface area contributed by atoms with Crippen molar-refractivity contribution in [1.82, 2.24) is 9.97 Å². The average molecular weight is 283 g/mol. The van der Waals surface area contributed by atoms with E-state index in [1.807, 2.05) is 12.1 Å². The molecule has 1 aliphatic heterocycles. The molecule has 21 heavy (non-hydrogen) atoms. The molecular formula is C17H21N3O. The maximum absolute atomic E-state index is 5.91. The van der Waals surface area contributed by atoms with E-state index in [4.69, 9.17) is 4.74 Å². The Morgan fingerprint density at radius 1 is 1.24 bits per heavy atom. The molecule has 4 rings (SSSR count). The predicted octanol–water partition coefficient (Wildman–Crippen LogP) is 2.88. The minimum atomic E-state index is 0.169. The van der Waals surface area contributed by atoms with Gasteiger partial charge in [0.1, 0.15) is 12.1 Å². The number of para-hydroxylation sites is 1. The largest absolute Gasteiger partial charge is 0.377 e. The van der Waals surface area contributed by atoms with Crippen molar-refractivity contribution in [3.05, 3.63) is 30.6 Å². The molecule has 3 atom stereocenters. The lowest BCUT2D eigenvalue weighted by Crippen LogP contribution is -2.66. The number of nitrogens with zero attached hydrogens (tertiary/aromatic N) is 3. The van der Waals surface area contributed by atoms with Gasteiger partial charge < -0.3 is 9.64 Å². The molecule has 0 amide bonds. The summed E-state index contributed by atoms with van der Waals surface area (Å²) in [6, 6.07) is 8.70. The van der Waals surface area contributed by atoms with Crippen LogP contribution in [0.3, 0.4) is 0 Å². The van der Waals surface area contributed by atoms with Crippen LogP contribution in [-0.4, -0.2) is 35.8 Å². The molecule has 4 nitrogen and oxygen atoms in total. The molecule has 2 aromatic rings. The van der Waals surface area contributed by atoms with Crippen LogP contribution in [0.5, 0.6) is 0 Å². The van der Waals surface area contributed by atoms with Gasteiger partial charge in [0.15, 0.2) is 0 Å². The zero-order valence-corrected chi connectivity index (χ0v) is 12.8. The van der Waals surface area contributed by atoms with Crippen molar-refractivity contribution < 1.29 is 4.74 Å². The number of anilines is 1. The monoisotopic (exact) mass is 283 g/mol. The summed E-state index contributed by atoms with van der Waals surface area (Å²) < 4.78 is 5.91. The molecule has 4 heteroatoms. The zero-order valence-electron chi connectivity index (χ0n) is 12.8. The van der Waals surface area contributed by atoms with E-state index >= 15 is 0 Å².